The molecule has 0 radical (unpaired) electrons. The number of pyridine rings is 2. The summed E-state index contributed by atoms with van der Waals surface area (Å²) in [7, 11) is 0. The van der Waals surface area contributed by atoms with Crippen LogP contribution in [0.5, 0.6) is 11.5 Å². The first-order valence-electron chi connectivity index (χ1n) is 26.3. The Labute approximate surface area is 390 Å². The lowest BCUT2D eigenvalue weighted by Crippen LogP contribution is -2.32. The lowest BCUT2D eigenvalue weighted by Gasteiger charge is -2.31. The summed E-state index contributed by atoms with van der Waals surface area (Å²) in [5.41, 5.74) is 6.16. The standard InChI is InChI=1S/2C26H46N2O.C2H2O4/c2*1-4-5-6-7-8-9-10-11-12-13-14-15-16-17-20-28-21-18-19-24-22(2)25(29)23(3)27-26(24)28;3-1(4)2(5)6/h2*29H,4-21H2,1-3H3;(H,3,4)(H,5,6). The third kappa shape index (κ3) is 22.6. The van der Waals surface area contributed by atoms with E-state index in [1.165, 1.54) is 204 Å². The van der Waals surface area contributed by atoms with E-state index < -0.39 is 11.9 Å². The fourth-order valence-electron chi connectivity index (χ4n) is 9.38. The largest absolute Gasteiger partial charge is 0.506 e. The van der Waals surface area contributed by atoms with Gasteiger partial charge in [-0.3, -0.25) is 0 Å². The zero-order chi connectivity index (χ0) is 47.0. The maximum absolute atomic E-state index is 10.2. The summed E-state index contributed by atoms with van der Waals surface area (Å²) in [5, 5.41) is 35.1. The highest BCUT2D eigenvalue weighted by Gasteiger charge is 2.24. The van der Waals surface area contributed by atoms with Crippen LogP contribution in [0.2, 0.25) is 0 Å². The molecular formula is C54H94N4O6. The summed E-state index contributed by atoms with van der Waals surface area (Å²) in [5.74, 6) is -0.591. The van der Waals surface area contributed by atoms with Gasteiger partial charge < -0.3 is 30.2 Å². The second-order valence-corrected chi connectivity index (χ2v) is 18.9. The van der Waals surface area contributed by atoms with Gasteiger partial charge in [-0.15, -0.1) is 0 Å². The molecule has 0 spiro atoms. The van der Waals surface area contributed by atoms with E-state index in [0.717, 1.165) is 73.2 Å². The third-order valence-corrected chi connectivity index (χ3v) is 13.4. The Morgan fingerprint density at radius 3 is 0.938 bits per heavy atom. The number of carbonyl (C=O) groups is 2. The van der Waals surface area contributed by atoms with Gasteiger partial charge in [-0.05, 0) is 77.3 Å². The van der Waals surface area contributed by atoms with Gasteiger partial charge in [0.25, 0.3) is 0 Å². The van der Waals surface area contributed by atoms with Gasteiger partial charge in [-0.2, -0.15) is 0 Å². The maximum Gasteiger partial charge on any atom is 0.414 e. The van der Waals surface area contributed by atoms with Crippen LogP contribution in [0.25, 0.3) is 0 Å². The quantitative estimate of drug-likeness (QED) is 0.0441. The normalized spacial score (nSPS) is 13.1. The number of fused-ring (bicyclic) bond motifs is 2. The van der Waals surface area contributed by atoms with Crippen LogP contribution in [-0.2, 0) is 22.4 Å². The van der Waals surface area contributed by atoms with E-state index in [9.17, 15) is 10.2 Å². The van der Waals surface area contributed by atoms with E-state index in [4.69, 9.17) is 29.8 Å². The average molecular weight is 895 g/mol. The van der Waals surface area contributed by atoms with Crippen LogP contribution in [-0.4, -0.2) is 68.5 Å². The van der Waals surface area contributed by atoms with E-state index in [1.54, 1.807) is 0 Å². The maximum atomic E-state index is 10.2. The number of anilines is 2. The van der Waals surface area contributed by atoms with Gasteiger partial charge in [-0.25, -0.2) is 19.6 Å². The second-order valence-electron chi connectivity index (χ2n) is 18.9. The van der Waals surface area contributed by atoms with Crippen molar-refractivity contribution < 1.29 is 30.0 Å². The first-order chi connectivity index (χ1) is 30.9. The van der Waals surface area contributed by atoms with Crippen LogP contribution < -0.4 is 9.80 Å². The highest BCUT2D eigenvalue weighted by molar-refractivity contribution is 6.27. The molecule has 4 heterocycles. The van der Waals surface area contributed by atoms with Crippen molar-refractivity contribution in [1.29, 1.82) is 0 Å². The second kappa shape index (κ2) is 34.7. The van der Waals surface area contributed by atoms with E-state index >= 15 is 0 Å². The van der Waals surface area contributed by atoms with Crippen LogP contribution in [0.4, 0.5) is 11.6 Å². The van der Waals surface area contributed by atoms with Crippen LogP contribution in [0.15, 0.2) is 0 Å². The molecule has 0 atom stereocenters. The van der Waals surface area contributed by atoms with E-state index in [1.807, 2.05) is 27.7 Å². The van der Waals surface area contributed by atoms with E-state index in [0.29, 0.717) is 11.5 Å². The van der Waals surface area contributed by atoms with Crippen molar-refractivity contribution in [2.75, 3.05) is 36.0 Å². The predicted octanol–water partition coefficient (Wildman–Crippen LogP) is 14.4. The lowest BCUT2D eigenvalue weighted by molar-refractivity contribution is -0.159. The zero-order valence-electron chi connectivity index (χ0n) is 41.9. The molecule has 2 aliphatic heterocycles. The molecule has 10 nitrogen and oxygen atoms in total. The van der Waals surface area contributed by atoms with Crippen LogP contribution in [0.3, 0.4) is 0 Å². The first kappa shape index (κ1) is 56.6. The van der Waals surface area contributed by atoms with Crippen molar-refractivity contribution in [3.8, 4) is 11.5 Å². The van der Waals surface area contributed by atoms with Crippen molar-refractivity contribution in [3.05, 3.63) is 33.6 Å². The monoisotopic (exact) mass is 895 g/mol. The molecule has 0 bridgehead atoms. The van der Waals surface area contributed by atoms with Gasteiger partial charge >= 0.3 is 11.9 Å². The number of aromatic nitrogens is 2. The zero-order valence-corrected chi connectivity index (χ0v) is 41.9. The summed E-state index contributed by atoms with van der Waals surface area (Å²) >= 11 is 0. The molecule has 0 saturated heterocycles. The SMILES string of the molecule is CCCCCCCCCCCCCCCCN1CCCc2c1nc(C)c(O)c2C.CCCCCCCCCCCCCCCCN1CCCc2c1nc(C)c(O)c2C.O=C(O)C(=O)O. The van der Waals surface area contributed by atoms with Gasteiger partial charge in [0, 0.05) is 37.3 Å². The molecule has 2 aromatic rings. The molecular weight excluding hydrogens is 801 g/mol. The lowest BCUT2D eigenvalue weighted by atomic mass is 9.98. The van der Waals surface area contributed by atoms with E-state index in [2.05, 4.69) is 23.6 Å². The molecule has 0 aromatic carbocycles. The minimum atomic E-state index is -1.82. The van der Waals surface area contributed by atoms with E-state index in [-0.39, 0.29) is 0 Å². The molecule has 0 saturated carbocycles. The number of rotatable bonds is 30. The summed E-state index contributed by atoms with van der Waals surface area (Å²) in [4.78, 5) is 32.5. The Hall–Kier alpha value is -3.56. The van der Waals surface area contributed by atoms with Crippen molar-refractivity contribution in [3.63, 3.8) is 0 Å². The molecule has 10 heteroatoms. The highest BCUT2D eigenvalue weighted by Crippen LogP contribution is 2.35. The number of unbranched alkanes of at least 4 members (excludes halogenated alkanes) is 26. The number of hydrogen-bond donors (Lipinski definition) is 4. The van der Waals surface area contributed by atoms with Crippen molar-refractivity contribution >= 4 is 23.6 Å². The number of aryl methyl sites for hydroxylation is 2. The first-order valence-corrected chi connectivity index (χ1v) is 26.3. The molecule has 2 aromatic heterocycles. The summed E-state index contributed by atoms with van der Waals surface area (Å²) < 4.78 is 0. The smallest absolute Gasteiger partial charge is 0.414 e. The molecule has 4 N–H and O–H groups in total. The summed E-state index contributed by atoms with van der Waals surface area (Å²) in [6.07, 6.45) is 43.8. The average Bonchev–Trinajstić information content (AvgIpc) is 3.28. The molecule has 0 fully saturated rings. The predicted molar refractivity (Wildman–Crippen MR) is 268 cm³/mol. The third-order valence-electron chi connectivity index (χ3n) is 13.4. The minimum Gasteiger partial charge on any atom is -0.506 e. The van der Waals surface area contributed by atoms with Gasteiger partial charge in [0.1, 0.15) is 23.1 Å². The van der Waals surface area contributed by atoms with Gasteiger partial charge in [0.15, 0.2) is 0 Å². The number of carboxylic acids is 2. The molecule has 0 aliphatic carbocycles. The number of nitrogens with zero attached hydrogens (tertiary/aromatic N) is 4. The van der Waals surface area contributed by atoms with Crippen LogP contribution in [0.1, 0.15) is 240 Å². The number of aromatic hydroxyl groups is 2. The molecule has 2 aliphatic rings. The van der Waals surface area contributed by atoms with Crippen molar-refractivity contribution in [2.45, 2.75) is 247 Å². The fraction of sp³-hybridized carbons (Fsp3) is 0.778. The number of aliphatic carboxylic acids is 2. The Kier molecular flexibility index (Phi) is 30.7. The number of hydrogen-bond acceptors (Lipinski definition) is 8. The molecule has 366 valence electrons. The Morgan fingerprint density at radius 2 is 0.688 bits per heavy atom. The minimum absolute atomic E-state index is 0.391. The number of carboxylic acid groups (broad SMARTS) is 2. The highest BCUT2D eigenvalue weighted by atomic mass is 16.4. The Morgan fingerprint density at radius 1 is 0.438 bits per heavy atom. The van der Waals surface area contributed by atoms with Gasteiger partial charge in [-0.1, -0.05) is 181 Å². The topological polar surface area (TPSA) is 147 Å². The van der Waals surface area contributed by atoms with Gasteiger partial charge in [0.05, 0.1) is 11.4 Å². The Balaban J connectivity index is 0.000000390. The van der Waals surface area contributed by atoms with Gasteiger partial charge in [0.2, 0.25) is 0 Å². The Bertz CT molecular complexity index is 1470. The van der Waals surface area contributed by atoms with Crippen molar-refractivity contribution in [1.82, 2.24) is 9.97 Å². The van der Waals surface area contributed by atoms with Crippen LogP contribution >= 0.6 is 0 Å². The fourth-order valence-corrected chi connectivity index (χ4v) is 9.38. The van der Waals surface area contributed by atoms with Crippen molar-refractivity contribution in [2.24, 2.45) is 0 Å². The summed E-state index contributed by atoms with van der Waals surface area (Å²) in [6, 6.07) is 0. The molecule has 0 amide bonds. The molecule has 4 rings (SSSR count). The summed E-state index contributed by atoms with van der Waals surface area (Å²) in [6.45, 7) is 16.9. The van der Waals surface area contributed by atoms with Crippen LogP contribution in [0, 0.1) is 27.7 Å². The molecule has 64 heavy (non-hydrogen) atoms. The molecule has 0 unspecified atom stereocenters.